The molecule has 0 saturated carbocycles. The van der Waals surface area contributed by atoms with Crippen molar-refractivity contribution < 1.29 is 14.2 Å². The minimum absolute atomic E-state index is 0.174. The predicted octanol–water partition coefficient (Wildman–Crippen LogP) is 2.55. The molecule has 2 aromatic rings. The van der Waals surface area contributed by atoms with Crippen molar-refractivity contribution in [3.05, 3.63) is 71.5 Å². The van der Waals surface area contributed by atoms with E-state index in [9.17, 15) is 9.50 Å². The highest BCUT2D eigenvalue weighted by Crippen LogP contribution is 2.27. The summed E-state index contributed by atoms with van der Waals surface area (Å²) in [6.45, 7) is 0.415. The Hall–Kier alpha value is -1.75. The molecule has 104 valence electrons. The van der Waals surface area contributed by atoms with E-state index in [4.69, 9.17) is 4.74 Å². The fourth-order valence-corrected chi connectivity index (χ4v) is 2.39. The van der Waals surface area contributed by atoms with E-state index >= 15 is 0 Å². The first-order valence-corrected chi connectivity index (χ1v) is 6.60. The van der Waals surface area contributed by atoms with Gasteiger partial charge in [-0.2, -0.15) is 0 Å². The van der Waals surface area contributed by atoms with Crippen LogP contribution in [0, 0.1) is 5.82 Å². The summed E-state index contributed by atoms with van der Waals surface area (Å²) in [6.07, 6.45) is -0.930. The normalized spacial score (nSPS) is 23.7. The summed E-state index contributed by atoms with van der Waals surface area (Å²) in [6, 6.07) is 15.5. The van der Waals surface area contributed by atoms with Crippen molar-refractivity contribution in [1.82, 2.24) is 5.32 Å². The van der Waals surface area contributed by atoms with Crippen LogP contribution in [0.2, 0.25) is 0 Å². The van der Waals surface area contributed by atoms with E-state index < -0.39 is 6.10 Å². The van der Waals surface area contributed by atoms with E-state index in [1.165, 1.54) is 12.1 Å². The van der Waals surface area contributed by atoms with Crippen LogP contribution in [0.5, 0.6) is 0 Å². The fourth-order valence-electron chi connectivity index (χ4n) is 2.39. The largest absolute Gasteiger partial charge is 0.387 e. The summed E-state index contributed by atoms with van der Waals surface area (Å²) in [5.74, 6) is -0.271. The van der Waals surface area contributed by atoms with Crippen LogP contribution < -0.4 is 5.32 Å². The fraction of sp³-hybridized carbons (Fsp3) is 0.250. The third kappa shape index (κ3) is 2.72. The summed E-state index contributed by atoms with van der Waals surface area (Å²) in [5, 5.41) is 13.6. The van der Waals surface area contributed by atoms with Crippen molar-refractivity contribution in [1.29, 1.82) is 0 Å². The van der Waals surface area contributed by atoms with Crippen LogP contribution in [-0.2, 0) is 4.74 Å². The van der Waals surface area contributed by atoms with Crippen LogP contribution in [0.15, 0.2) is 54.6 Å². The maximum absolute atomic E-state index is 12.9. The molecule has 1 fully saturated rings. The first-order chi connectivity index (χ1) is 9.74. The molecule has 0 amide bonds. The van der Waals surface area contributed by atoms with Gasteiger partial charge in [-0.05, 0) is 23.3 Å². The minimum atomic E-state index is -0.623. The molecule has 0 aromatic heterocycles. The van der Waals surface area contributed by atoms with Gasteiger partial charge < -0.3 is 9.84 Å². The first-order valence-electron chi connectivity index (χ1n) is 6.60. The van der Waals surface area contributed by atoms with Crippen LogP contribution >= 0.6 is 0 Å². The summed E-state index contributed by atoms with van der Waals surface area (Å²) < 4.78 is 18.5. The van der Waals surface area contributed by atoms with Gasteiger partial charge in [0.2, 0.25) is 0 Å². The van der Waals surface area contributed by atoms with E-state index in [-0.39, 0.29) is 18.1 Å². The molecular formula is C16H16FNO2. The molecule has 3 nitrogen and oxygen atoms in total. The van der Waals surface area contributed by atoms with Crippen LogP contribution in [0.1, 0.15) is 23.5 Å². The summed E-state index contributed by atoms with van der Waals surface area (Å²) in [4.78, 5) is 0. The van der Waals surface area contributed by atoms with Crippen molar-refractivity contribution in [2.75, 3.05) is 6.61 Å². The van der Waals surface area contributed by atoms with E-state index in [0.29, 0.717) is 6.61 Å². The van der Waals surface area contributed by atoms with Gasteiger partial charge in [0.25, 0.3) is 0 Å². The lowest BCUT2D eigenvalue weighted by Crippen LogP contribution is -2.32. The number of aliphatic hydroxyl groups excluding tert-OH is 1. The van der Waals surface area contributed by atoms with E-state index in [2.05, 4.69) is 5.32 Å². The zero-order valence-electron chi connectivity index (χ0n) is 10.9. The summed E-state index contributed by atoms with van der Waals surface area (Å²) in [7, 11) is 0. The highest BCUT2D eigenvalue weighted by atomic mass is 19.1. The average Bonchev–Trinajstić information content (AvgIpc) is 2.98. The molecule has 1 heterocycles. The Labute approximate surface area is 117 Å². The highest BCUT2D eigenvalue weighted by molar-refractivity contribution is 5.22. The van der Waals surface area contributed by atoms with Crippen LogP contribution in [0.3, 0.4) is 0 Å². The standard InChI is InChI=1S/C16H16FNO2/c17-13-8-6-12(7-9-13)16-18-14(10-20-16)15(19)11-4-2-1-3-5-11/h1-9,14-16,18-19H,10H2/t14-,15?,16-/m0/s1. The zero-order valence-corrected chi connectivity index (χ0v) is 10.9. The van der Waals surface area contributed by atoms with Crippen molar-refractivity contribution in [3.63, 3.8) is 0 Å². The van der Waals surface area contributed by atoms with Gasteiger partial charge in [0, 0.05) is 0 Å². The van der Waals surface area contributed by atoms with Crippen LogP contribution in [-0.4, -0.2) is 17.8 Å². The van der Waals surface area contributed by atoms with Crippen molar-refractivity contribution in [2.45, 2.75) is 18.4 Å². The number of ether oxygens (including phenoxy) is 1. The predicted molar refractivity (Wildman–Crippen MR) is 73.4 cm³/mol. The molecule has 1 saturated heterocycles. The molecule has 0 spiro atoms. The van der Waals surface area contributed by atoms with Gasteiger partial charge in [0.1, 0.15) is 12.0 Å². The van der Waals surface area contributed by atoms with Crippen LogP contribution in [0.4, 0.5) is 4.39 Å². The SMILES string of the molecule is OC(c1ccccc1)[C@@H]1CO[C@@H](c2ccc(F)cc2)N1. The number of rotatable bonds is 3. The number of hydrogen-bond donors (Lipinski definition) is 2. The molecule has 0 radical (unpaired) electrons. The molecular weight excluding hydrogens is 257 g/mol. The minimum Gasteiger partial charge on any atom is -0.387 e. The lowest BCUT2D eigenvalue weighted by molar-refractivity contribution is 0.0921. The second kappa shape index (κ2) is 5.71. The highest BCUT2D eigenvalue weighted by Gasteiger charge is 2.31. The molecule has 20 heavy (non-hydrogen) atoms. The average molecular weight is 273 g/mol. The number of hydrogen-bond acceptors (Lipinski definition) is 3. The smallest absolute Gasteiger partial charge is 0.134 e. The topological polar surface area (TPSA) is 41.5 Å². The van der Waals surface area contributed by atoms with Gasteiger partial charge in [-0.15, -0.1) is 0 Å². The number of aliphatic hydroxyl groups is 1. The second-order valence-corrected chi connectivity index (χ2v) is 4.89. The Balaban J connectivity index is 1.69. The molecule has 0 bridgehead atoms. The monoisotopic (exact) mass is 273 g/mol. The molecule has 2 N–H and O–H groups in total. The molecule has 1 unspecified atom stereocenters. The number of nitrogens with one attached hydrogen (secondary N) is 1. The zero-order chi connectivity index (χ0) is 13.9. The van der Waals surface area contributed by atoms with Crippen molar-refractivity contribution in [3.8, 4) is 0 Å². The van der Waals surface area contributed by atoms with Gasteiger partial charge in [0.05, 0.1) is 18.8 Å². The van der Waals surface area contributed by atoms with Crippen molar-refractivity contribution >= 4 is 0 Å². The Morgan fingerprint density at radius 1 is 1.10 bits per heavy atom. The van der Waals surface area contributed by atoms with Gasteiger partial charge in [-0.1, -0.05) is 42.5 Å². The molecule has 3 rings (SSSR count). The van der Waals surface area contributed by atoms with Gasteiger partial charge in [0.15, 0.2) is 0 Å². The molecule has 1 aliphatic heterocycles. The van der Waals surface area contributed by atoms with Crippen molar-refractivity contribution in [2.24, 2.45) is 0 Å². The summed E-state index contributed by atoms with van der Waals surface area (Å²) in [5.41, 5.74) is 1.71. The Bertz CT molecular complexity index is 558. The molecule has 4 heteroatoms. The molecule has 2 aromatic carbocycles. The third-order valence-corrected chi connectivity index (χ3v) is 3.50. The molecule has 3 atom stereocenters. The summed E-state index contributed by atoms with van der Waals surface area (Å²) >= 11 is 0. The maximum Gasteiger partial charge on any atom is 0.134 e. The Morgan fingerprint density at radius 2 is 1.80 bits per heavy atom. The van der Waals surface area contributed by atoms with Gasteiger partial charge >= 0.3 is 0 Å². The van der Waals surface area contributed by atoms with E-state index in [0.717, 1.165) is 11.1 Å². The quantitative estimate of drug-likeness (QED) is 0.903. The Morgan fingerprint density at radius 3 is 2.50 bits per heavy atom. The third-order valence-electron chi connectivity index (χ3n) is 3.50. The van der Waals surface area contributed by atoms with E-state index in [1.807, 2.05) is 30.3 Å². The number of benzene rings is 2. The number of halogens is 1. The molecule has 0 aliphatic carbocycles. The van der Waals surface area contributed by atoms with Gasteiger partial charge in [-0.25, -0.2) is 4.39 Å². The van der Waals surface area contributed by atoms with E-state index in [1.54, 1.807) is 12.1 Å². The lowest BCUT2D eigenvalue weighted by atomic mass is 10.0. The second-order valence-electron chi connectivity index (χ2n) is 4.89. The molecule has 1 aliphatic rings. The lowest BCUT2D eigenvalue weighted by Gasteiger charge is -2.18. The van der Waals surface area contributed by atoms with Gasteiger partial charge in [-0.3, -0.25) is 5.32 Å². The van der Waals surface area contributed by atoms with Crippen LogP contribution in [0.25, 0.3) is 0 Å². The Kier molecular flexibility index (Phi) is 3.78. The maximum atomic E-state index is 12.9. The first kappa shape index (κ1) is 13.2.